The Morgan fingerprint density at radius 3 is 2.58 bits per heavy atom. The van der Waals surface area contributed by atoms with Gasteiger partial charge >= 0.3 is 0 Å². The first-order valence-corrected chi connectivity index (χ1v) is 5.16. The summed E-state index contributed by atoms with van der Waals surface area (Å²) in [5, 5.41) is 1.95. The van der Waals surface area contributed by atoms with Crippen LogP contribution >= 0.6 is 12.4 Å². The van der Waals surface area contributed by atoms with Crippen molar-refractivity contribution in [3.8, 4) is 5.75 Å². The predicted octanol–water partition coefficient (Wildman–Crippen LogP) is 1.34. The van der Waals surface area contributed by atoms with Gasteiger partial charge in [0.25, 0.3) is 11.8 Å². The van der Waals surface area contributed by atoms with E-state index in [1.165, 1.54) is 18.2 Å². The van der Waals surface area contributed by atoms with Gasteiger partial charge in [0, 0.05) is 0 Å². The molecular formula is C11H14ClF3N2O2. The Balaban J connectivity index is 0.00000324. The van der Waals surface area contributed by atoms with Crippen LogP contribution in [0.3, 0.4) is 0 Å². The van der Waals surface area contributed by atoms with Crippen LogP contribution in [-0.4, -0.2) is 31.5 Å². The highest BCUT2D eigenvalue weighted by molar-refractivity contribution is 5.85. The largest absolute Gasteiger partial charge is 0.481 e. The minimum absolute atomic E-state index is 0. The first-order chi connectivity index (χ1) is 8.44. The second-order valence-electron chi connectivity index (χ2n) is 3.56. The summed E-state index contributed by atoms with van der Waals surface area (Å²) >= 11 is 0. The number of rotatable bonds is 6. The van der Waals surface area contributed by atoms with E-state index >= 15 is 0 Å². The molecule has 108 valence electrons. The van der Waals surface area contributed by atoms with Crippen molar-refractivity contribution in [1.29, 1.82) is 0 Å². The number of nitrogens with one attached hydrogen (secondary N) is 1. The van der Waals surface area contributed by atoms with Crippen LogP contribution in [0.4, 0.5) is 13.2 Å². The fourth-order valence-electron chi connectivity index (χ4n) is 1.06. The molecule has 0 atom stereocenters. The Labute approximate surface area is 114 Å². The van der Waals surface area contributed by atoms with E-state index in [1.54, 1.807) is 0 Å². The number of carbonyl (C=O) groups is 1. The lowest BCUT2D eigenvalue weighted by Crippen LogP contribution is -2.43. The molecule has 0 radical (unpaired) electrons. The van der Waals surface area contributed by atoms with Crippen molar-refractivity contribution in [3.63, 3.8) is 0 Å². The SMILES string of the molecule is Cl.NCC(F)(F)CNC(=O)COc1ccccc1F. The molecule has 0 fully saturated rings. The summed E-state index contributed by atoms with van der Waals surface area (Å²) in [5.74, 6) is -4.67. The number of benzene rings is 1. The van der Waals surface area contributed by atoms with Gasteiger partial charge in [-0.3, -0.25) is 4.79 Å². The van der Waals surface area contributed by atoms with E-state index in [4.69, 9.17) is 10.5 Å². The minimum atomic E-state index is -3.16. The average molecular weight is 299 g/mol. The van der Waals surface area contributed by atoms with Gasteiger partial charge in [0.1, 0.15) is 0 Å². The summed E-state index contributed by atoms with van der Waals surface area (Å²) in [5.41, 5.74) is 4.80. The molecule has 1 rings (SSSR count). The monoisotopic (exact) mass is 298 g/mol. The maximum Gasteiger partial charge on any atom is 0.277 e. The molecule has 8 heteroatoms. The van der Waals surface area contributed by atoms with Crippen LogP contribution in [0, 0.1) is 5.82 Å². The van der Waals surface area contributed by atoms with Gasteiger partial charge in [0.15, 0.2) is 18.2 Å². The van der Waals surface area contributed by atoms with Gasteiger partial charge in [-0.15, -0.1) is 12.4 Å². The zero-order valence-corrected chi connectivity index (χ0v) is 10.7. The van der Waals surface area contributed by atoms with Gasteiger partial charge < -0.3 is 15.8 Å². The summed E-state index contributed by atoms with van der Waals surface area (Å²) in [7, 11) is 0. The molecule has 0 spiro atoms. The van der Waals surface area contributed by atoms with Crippen LogP contribution in [0.1, 0.15) is 0 Å². The molecule has 3 N–H and O–H groups in total. The lowest BCUT2D eigenvalue weighted by atomic mass is 10.3. The molecule has 0 saturated carbocycles. The number of para-hydroxylation sites is 1. The standard InChI is InChI=1S/C11H13F3N2O2.ClH/c12-8-3-1-2-4-9(8)18-5-10(17)16-7-11(13,14)6-15;/h1-4H,5-7,15H2,(H,16,17);1H. The number of carbonyl (C=O) groups excluding carboxylic acids is 1. The summed E-state index contributed by atoms with van der Waals surface area (Å²) in [6.45, 7) is -2.27. The Hall–Kier alpha value is -1.47. The molecule has 1 aromatic rings. The predicted molar refractivity (Wildman–Crippen MR) is 66.2 cm³/mol. The van der Waals surface area contributed by atoms with E-state index in [1.807, 2.05) is 5.32 Å². The van der Waals surface area contributed by atoms with Crippen molar-refractivity contribution >= 4 is 18.3 Å². The number of nitrogens with two attached hydrogens (primary N) is 1. The molecule has 0 aromatic heterocycles. The molecule has 1 aromatic carbocycles. The average Bonchev–Trinajstić information content (AvgIpc) is 2.35. The topological polar surface area (TPSA) is 64.3 Å². The molecular weight excluding hydrogens is 285 g/mol. The summed E-state index contributed by atoms with van der Waals surface area (Å²) < 4.78 is 43.3. The van der Waals surface area contributed by atoms with Crippen LogP contribution in [0.15, 0.2) is 24.3 Å². The number of alkyl halides is 2. The van der Waals surface area contributed by atoms with Crippen LogP contribution in [0.25, 0.3) is 0 Å². The van der Waals surface area contributed by atoms with E-state index in [9.17, 15) is 18.0 Å². The Morgan fingerprint density at radius 1 is 1.37 bits per heavy atom. The molecule has 0 heterocycles. The third kappa shape index (κ3) is 6.30. The lowest BCUT2D eigenvalue weighted by Gasteiger charge is -2.14. The number of hydrogen-bond donors (Lipinski definition) is 2. The van der Waals surface area contributed by atoms with E-state index in [-0.39, 0.29) is 18.2 Å². The fraction of sp³-hybridized carbons (Fsp3) is 0.364. The van der Waals surface area contributed by atoms with Gasteiger partial charge in [0.2, 0.25) is 0 Å². The van der Waals surface area contributed by atoms with Gasteiger partial charge in [-0.25, -0.2) is 13.2 Å². The fourth-order valence-corrected chi connectivity index (χ4v) is 1.06. The van der Waals surface area contributed by atoms with Crippen molar-refractivity contribution in [2.24, 2.45) is 5.73 Å². The first kappa shape index (κ1) is 17.5. The van der Waals surface area contributed by atoms with Crippen molar-refractivity contribution in [3.05, 3.63) is 30.1 Å². The van der Waals surface area contributed by atoms with Gasteiger partial charge in [-0.1, -0.05) is 12.1 Å². The Kier molecular flexibility index (Phi) is 7.25. The minimum Gasteiger partial charge on any atom is -0.481 e. The molecule has 0 aliphatic heterocycles. The molecule has 0 unspecified atom stereocenters. The molecule has 0 aliphatic carbocycles. The zero-order valence-electron chi connectivity index (χ0n) is 9.87. The number of hydrogen-bond acceptors (Lipinski definition) is 3. The molecule has 4 nitrogen and oxygen atoms in total. The molecule has 0 aliphatic rings. The van der Waals surface area contributed by atoms with Crippen molar-refractivity contribution in [2.75, 3.05) is 19.7 Å². The van der Waals surface area contributed by atoms with Crippen LogP contribution < -0.4 is 15.8 Å². The van der Waals surface area contributed by atoms with Gasteiger partial charge in [0.05, 0.1) is 13.1 Å². The molecule has 0 bridgehead atoms. The highest BCUT2D eigenvalue weighted by Gasteiger charge is 2.27. The molecule has 19 heavy (non-hydrogen) atoms. The van der Waals surface area contributed by atoms with Crippen LogP contribution in [0.2, 0.25) is 0 Å². The van der Waals surface area contributed by atoms with Crippen molar-refractivity contribution < 1.29 is 22.7 Å². The lowest BCUT2D eigenvalue weighted by molar-refractivity contribution is -0.124. The molecule has 1 amide bonds. The van der Waals surface area contributed by atoms with E-state index in [2.05, 4.69) is 0 Å². The van der Waals surface area contributed by atoms with Gasteiger partial charge in [-0.05, 0) is 12.1 Å². The quantitative estimate of drug-likeness (QED) is 0.833. The van der Waals surface area contributed by atoms with Gasteiger partial charge in [-0.2, -0.15) is 0 Å². The second kappa shape index (κ2) is 7.85. The number of halogens is 4. The smallest absolute Gasteiger partial charge is 0.277 e. The first-order valence-electron chi connectivity index (χ1n) is 5.16. The Bertz CT molecular complexity index is 419. The highest BCUT2D eigenvalue weighted by Crippen LogP contribution is 2.15. The molecule has 0 saturated heterocycles. The normalized spacial score (nSPS) is 10.5. The maximum atomic E-state index is 13.1. The summed E-state index contributed by atoms with van der Waals surface area (Å²) in [6, 6.07) is 5.48. The second-order valence-corrected chi connectivity index (χ2v) is 3.56. The third-order valence-electron chi connectivity index (χ3n) is 2.04. The summed E-state index contributed by atoms with van der Waals surface area (Å²) in [6.07, 6.45) is 0. The van der Waals surface area contributed by atoms with Crippen molar-refractivity contribution in [2.45, 2.75) is 5.92 Å². The maximum absolute atomic E-state index is 13.1. The van der Waals surface area contributed by atoms with E-state index in [0.29, 0.717) is 0 Å². The zero-order chi connectivity index (χ0) is 13.6. The van der Waals surface area contributed by atoms with Crippen molar-refractivity contribution in [1.82, 2.24) is 5.32 Å². The third-order valence-corrected chi connectivity index (χ3v) is 2.04. The number of amides is 1. The van der Waals surface area contributed by atoms with Crippen LogP contribution in [0.5, 0.6) is 5.75 Å². The summed E-state index contributed by atoms with van der Waals surface area (Å²) in [4.78, 5) is 11.2. The van der Waals surface area contributed by atoms with E-state index in [0.717, 1.165) is 6.07 Å². The Morgan fingerprint density at radius 2 is 2.00 bits per heavy atom. The highest BCUT2D eigenvalue weighted by atomic mass is 35.5. The number of ether oxygens (including phenoxy) is 1. The van der Waals surface area contributed by atoms with E-state index < -0.39 is 37.3 Å². The van der Waals surface area contributed by atoms with Crippen LogP contribution in [-0.2, 0) is 4.79 Å².